The van der Waals surface area contributed by atoms with Crippen molar-refractivity contribution in [2.75, 3.05) is 0 Å². The molecule has 1 heterocycles. The van der Waals surface area contributed by atoms with Crippen LogP contribution in [0.15, 0.2) is 42.1 Å². The summed E-state index contributed by atoms with van der Waals surface area (Å²) in [7, 11) is 0. The molecule has 0 radical (unpaired) electrons. The summed E-state index contributed by atoms with van der Waals surface area (Å²) in [6, 6.07) is 7.41. The third kappa shape index (κ3) is 2.00. The first-order valence-electron chi connectivity index (χ1n) is 4.69. The minimum absolute atomic E-state index is 0.0933. The van der Waals surface area contributed by atoms with E-state index in [1.807, 2.05) is 18.2 Å². The third-order valence-electron chi connectivity index (χ3n) is 2.20. The fourth-order valence-electron chi connectivity index (χ4n) is 1.45. The molecule has 0 aliphatic carbocycles. The average molecular weight is 217 g/mol. The Morgan fingerprint density at radius 2 is 2.25 bits per heavy atom. The summed E-state index contributed by atoms with van der Waals surface area (Å²) >= 11 is 0. The van der Waals surface area contributed by atoms with Crippen LogP contribution >= 0.6 is 0 Å². The van der Waals surface area contributed by atoms with E-state index in [9.17, 15) is 0 Å². The van der Waals surface area contributed by atoms with Crippen LogP contribution in [-0.2, 0) is 6.54 Å². The van der Waals surface area contributed by atoms with Gasteiger partial charge in [-0.05, 0) is 5.56 Å². The van der Waals surface area contributed by atoms with Crippen LogP contribution in [0.2, 0.25) is 0 Å². The summed E-state index contributed by atoms with van der Waals surface area (Å²) in [4.78, 5) is 3.85. The Morgan fingerprint density at radius 3 is 2.94 bits per heavy atom. The van der Waals surface area contributed by atoms with Crippen LogP contribution in [0.4, 0.5) is 0 Å². The van der Waals surface area contributed by atoms with Gasteiger partial charge in [0.1, 0.15) is 12.7 Å². The number of hydrogen-bond donors (Lipinski definition) is 2. The molecule has 0 fully saturated rings. The van der Waals surface area contributed by atoms with E-state index in [-0.39, 0.29) is 5.84 Å². The first kappa shape index (κ1) is 10.2. The molecular weight excluding hydrogens is 206 g/mol. The zero-order valence-corrected chi connectivity index (χ0v) is 8.48. The highest BCUT2D eigenvalue weighted by atomic mass is 16.4. The topological polar surface area (TPSA) is 89.3 Å². The largest absolute Gasteiger partial charge is 0.409 e. The van der Waals surface area contributed by atoms with Crippen molar-refractivity contribution in [3.63, 3.8) is 0 Å². The lowest BCUT2D eigenvalue weighted by Crippen LogP contribution is -2.16. The highest BCUT2D eigenvalue weighted by Gasteiger charge is 2.06. The zero-order valence-electron chi connectivity index (χ0n) is 8.48. The molecule has 0 aliphatic rings. The number of benzene rings is 1. The van der Waals surface area contributed by atoms with Crippen LogP contribution in [0.1, 0.15) is 11.1 Å². The fourth-order valence-corrected chi connectivity index (χ4v) is 1.45. The molecule has 0 saturated heterocycles. The zero-order chi connectivity index (χ0) is 11.4. The molecule has 6 heteroatoms. The van der Waals surface area contributed by atoms with Crippen molar-refractivity contribution in [3.05, 3.63) is 48.0 Å². The van der Waals surface area contributed by atoms with Crippen molar-refractivity contribution in [2.45, 2.75) is 6.54 Å². The van der Waals surface area contributed by atoms with Gasteiger partial charge in [0.15, 0.2) is 5.84 Å². The predicted molar refractivity (Wildman–Crippen MR) is 58.1 cm³/mol. The van der Waals surface area contributed by atoms with Gasteiger partial charge in [-0.15, -0.1) is 0 Å². The molecule has 16 heavy (non-hydrogen) atoms. The van der Waals surface area contributed by atoms with Crippen molar-refractivity contribution < 1.29 is 5.21 Å². The van der Waals surface area contributed by atoms with Gasteiger partial charge < -0.3 is 10.9 Å². The van der Waals surface area contributed by atoms with E-state index in [1.54, 1.807) is 17.1 Å². The second-order valence-corrected chi connectivity index (χ2v) is 3.24. The SMILES string of the molecule is N/C(=N\O)c1ccccc1Cn1cncn1. The monoisotopic (exact) mass is 217 g/mol. The summed E-state index contributed by atoms with van der Waals surface area (Å²) in [5.74, 6) is 0.0933. The molecule has 1 aromatic heterocycles. The van der Waals surface area contributed by atoms with Gasteiger partial charge in [-0.3, -0.25) is 0 Å². The number of nitrogens with zero attached hydrogens (tertiary/aromatic N) is 4. The molecule has 6 nitrogen and oxygen atoms in total. The fraction of sp³-hybridized carbons (Fsp3) is 0.100. The maximum Gasteiger partial charge on any atom is 0.170 e. The number of hydrogen-bond acceptors (Lipinski definition) is 4. The normalized spacial score (nSPS) is 11.6. The van der Waals surface area contributed by atoms with Gasteiger partial charge in [-0.2, -0.15) is 5.10 Å². The van der Waals surface area contributed by atoms with Crippen molar-refractivity contribution >= 4 is 5.84 Å². The van der Waals surface area contributed by atoms with Crippen molar-refractivity contribution in [2.24, 2.45) is 10.9 Å². The Bertz CT molecular complexity index is 492. The maximum absolute atomic E-state index is 8.67. The molecule has 0 atom stereocenters. The molecule has 1 aromatic carbocycles. The number of amidine groups is 1. The van der Waals surface area contributed by atoms with E-state index in [0.29, 0.717) is 12.1 Å². The molecular formula is C10H11N5O. The Hall–Kier alpha value is -2.37. The van der Waals surface area contributed by atoms with E-state index in [2.05, 4.69) is 15.2 Å². The van der Waals surface area contributed by atoms with Crippen LogP contribution in [0.25, 0.3) is 0 Å². The van der Waals surface area contributed by atoms with Gasteiger partial charge in [-0.1, -0.05) is 29.4 Å². The average Bonchev–Trinajstić information content (AvgIpc) is 2.82. The molecule has 0 bridgehead atoms. The summed E-state index contributed by atoms with van der Waals surface area (Å²) in [5, 5.41) is 15.7. The standard InChI is InChI=1S/C10H11N5O/c11-10(14-16)9-4-2-1-3-8(9)5-15-7-12-6-13-15/h1-4,6-7,16H,5H2,(H2,11,14). The summed E-state index contributed by atoms with van der Waals surface area (Å²) in [6.07, 6.45) is 3.08. The van der Waals surface area contributed by atoms with E-state index in [0.717, 1.165) is 5.56 Å². The minimum atomic E-state index is 0.0933. The Balaban J connectivity index is 2.34. The number of rotatable bonds is 3. The van der Waals surface area contributed by atoms with Crippen LogP contribution < -0.4 is 5.73 Å². The van der Waals surface area contributed by atoms with E-state index >= 15 is 0 Å². The highest BCUT2D eigenvalue weighted by molar-refractivity contribution is 5.98. The first-order chi connectivity index (χ1) is 7.81. The molecule has 0 unspecified atom stereocenters. The smallest absolute Gasteiger partial charge is 0.170 e. The van der Waals surface area contributed by atoms with Crippen molar-refractivity contribution in [3.8, 4) is 0 Å². The Kier molecular flexibility index (Phi) is 2.81. The van der Waals surface area contributed by atoms with Gasteiger partial charge in [-0.25, -0.2) is 9.67 Å². The second kappa shape index (κ2) is 4.43. The highest BCUT2D eigenvalue weighted by Crippen LogP contribution is 2.09. The number of nitrogens with two attached hydrogens (primary N) is 1. The third-order valence-corrected chi connectivity index (χ3v) is 2.20. The van der Waals surface area contributed by atoms with Crippen LogP contribution in [-0.4, -0.2) is 25.8 Å². The summed E-state index contributed by atoms with van der Waals surface area (Å²) in [5.41, 5.74) is 7.19. The summed E-state index contributed by atoms with van der Waals surface area (Å²) in [6.45, 7) is 0.534. The van der Waals surface area contributed by atoms with E-state index in [4.69, 9.17) is 10.9 Å². The lowest BCUT2D eigenvalue weighted by Gasteiger charge is -2.07. The maximum atomic E-state index is 8.67. The second-order valence-electron chi connectivity index (χ2n) is 3.24. The Morgan fingerprint density at radius 1 is 1.44 bits per heavy atom. The van der Waals surface area contributed by atoms with Crippen molar-refractivity contribution in [1.29, 1.82) is 0 Å². The molecule has 0 saturated carbocycles. The van der Waals surface area contributed by atoms with Gasteiger partial charge in [0.05, 0.1) is 6.54 Å². The molecule has 0 spiro atoms. The number of oxime groups is 1. The van der Waals surface area contributed by atoms with Crippen LogP contribution in [0.3, 0.4) is 0 Å². The van der Waals surface area contributed by atoms with Gasteiger partial charge in [0, 0.05) is 5.56 Å². The van der Waals surface area contributed by atoms with E-state index < -0.39 is 0 Å². The predicted octanol–water partition coefficient (Wildman–Crippen LogP) is 0.421. The van der Waals surface area contributed by atoms with Crippen molar-refractivity contribution in [1.82, 2.24) is 14.8 Å². The van der Waals surface area contributed by atoms with Crippen LogP contribution in [0.5, 0.6) is 0 Å². The molecule has 82 valence electrons. The summed E-state index contributed by atoms with van der Waals surface area (Å²) < 4.78 is 1.67. The van der Waals surface area contributed by atoms with Crippen LogP contribution in [0, 0.1) is 0 Å². The molecule has 2 aromatic rings. The molecule has 0 amide bonds. The molecule has 3 N–H and O–H groups in total. The van der Waals surface area contributed by atoms with Gasteiger partial charge >= 0.3 is 0 Å². The number of aromatic nitrogens is 3. The first-order valence-corrected chi connectivity index (χ1v) is 4.69. The lowest BCUT2D eigenvalue weighted by atomic mass is 10.1. The minimum Gasteiger partial charge on any atom is -0.409 e. The van der Waals surface area contributed by atoms with Gasteiger partial charge in [0.2, 0.25) is 0 Å². The van der Waals surface area contributed by atoms with E-state index in [1.165, 1.54) is 6.33 Å². The van der Waals surface area contributed by atoms with Gasteiger partial charge in [0.25, 0.3) is 0 Å². The quantitative estimate of drug-likeness (QED) is 0.337. The molecule has 0 aliphatic heterocycles. The molecule has 2 rings (SSSR count). The Labute approximate surface area is 92.0 Å². The lowest BCUT2D eigenvalue weighted by molar-refractivity contribution is 0.318.